The molecule has 0 unspecified atom stereocenters. The molecule has 0 spiro atoms. The van der Waals surface area contributed by atoms with E-state index >= 15 is 0 Å². The molecule has 9 heavy (non-hydrogen) atoms. The van der Waals surface area contributed by atoms with Crippen molar-refractivity contribution in [2.45, 2.75) is 40.4 Å². The lowest BCUT2D eigenvalue weighted by molar-refractivity contribution is 0.519. The van der Waals surface area contributed by atoms with Crippen LogP contribution in [0, 0.1) is 11.5 Å². The molecule has 0 aliphatic carbocycles. The SMILES string of the molecule is CC(C)(C)[CH][Si](C)(C)C. The lowest BCUT2D eigenvalue weighted by Gasteiger charge is -2.26. The largest absolute Gasteiger partial charge is 0.0693 e. The van der Waals surface area contributed by atoms with Crippen molar-refractivity contribution >= 4 is 8.07 Å². The molecule has 0 bridgehead atoms. The third-order valence-electron chi connectivity index (χ3n) is 0.866. The molecule has 0 saturated heterocycles. The van der Waals surface area contributed by atoms with Gasteiger partial charge in [0.05, 0.1) is 0 Å². The zero-order chi connectivity index (χ0) is 7.71. The molecule has 1 heteroatoms. The molecular formula is C8H19Si. The zero-order valence-electron chi connectivity index (χ0n) is 7.58. The summed E-state index contributed by atoms with van der Waals surface area (Å²) in [6, 6.07) is 2.51. The minimum absolute atomic E-state index is 0.421. The van der Waals surface area contributed by atoms with E-state index in [0.717, 1.165) is 0 Å². The Kier molecular flexibility index (Phi) is 2.51. The highest BCUT2D eigenvalue weighted by molar-refractivity contribution is 6.79. The molecule has 0 aromatic heterocycles. The summed E-state index contributed by atoms with van der Waals surface area (Å²) in [4.78, 5) is 0. The summed E-state index contributed by atoms with van der Waals surface area (Å²) in [6.07, 6.45) is 0. The van der Waals surface area contributed by atoms with Crippen LogP contribution < -0.4 is 0 Å². The van der Waals surface area contributed by atoms with Gasteiger partial charge >= 0.3 is 0 Å². The molecule has 0 aromatic carbocycles. The third-order valence-corrected chi connectivity index (χ3v) is 2.60. The predicted octanol–water partition coefficient (Wildman–Crippen LogP) is 3.11. The van der Waals surface area contributed by atoms with Crippen LogP contribution in [-0.4, -0.2) is 8.07 Å². The van der Waals surface area contributed by atoms with Crippen LogP contribution in [0.4, 0.5) is 0 Å². The smallest absolute Gasteiger partial charge is 0.0479 e. The van der Waals surface area contributed by atoms with E-state index in [4.69, 9.17) is 0 Å². The first kappa shape index (κ1) is 9.22. The fraction of sp³-hybridized carbons (Fsp3) is 0.875. The monoisotopic (exact) mass is 143 g/mol. The van der Waals surface area contributed by atoms with Crippen molar-refractivity contribution in [1.82, 2.24) is 0 Å². The van der Waals surface area contributed by atoms with Gasteiger partial charge in [-0.1, -0.05) is 40.4 Å². The Morgan fingerprint density at radius 1 is 1.00 bits per heavy atom. The molecule has 0 nitrogen and oxygen atoms in total. The summed E-state index contributed by atoms with van der Waals surface area (Å²) < 4.78 is 0. The van der Waals surface area contributed by atoms with Gasteiger partial charge in [-0.05, 0) is 11.5 Å². The van der Waals surface area contributed by atoms with E-state index in [1.54, 1.807) is 0 Å². The van der Waals surface area contributed by atoms with Gasteiger partial charge in [0.1, 0.15) is 0 Å². The van der Waals surface area contributed by atoms with Crippen LogP contribution in [0.5, 0.6) is 0 Å². The van der Waals surface area contributed by atoms with Crippen molar-refractivity contribution in [2.24, 2.45) is 5.41 Å². The van der Waals surface area contributed by atoms with Crippen molar-refractivity contribution < 1.29 is 0 Å². The molecule has 0 fully saturated rings. The topological polar surface area (TPSA) is 0 Å². The second-order valence-corrected chi connectivity index (χ2v) is 9.90. The van der Waals surface area contributed by atoms with Crippen molar-refractivity contribution in [2.75, 3.05) is 0 Å². The first-order valence-corrected chi connectivity index (χ1v) is 7.15. The minimum Gasteiger partial charge on any atom is -0.0693 e. The lowest BCUT2D eigenvalue weighted by atomic mass is 10.0. The first-order chi connectivity index (χ1) is 3.71. The molecular weight excluding hydrogens is 124 g/mol. The van der Waals surface area contributed by atoms with E-state index in [0.29, 0.717) is 5.41 Å². The van der Waals surface area contributed by atoms with Crippen molar-refractivity contribution in [3.8, 4) is 0 Å². The summed E-state index contributed by atoms with van der Waals surface area (Å²) in [5.41, 5.74) is 0.421. The second-order valence-electron chi connectivity index (χ2n) is 4.88. The summed E-state index contributed by atoms with van der Waals surface area (Å²) >= 11 is 0. The molecule has 0 aliphatic heterocycles. The van der Waals surface area contributed by atoms with E-state index in [9.17, 15) is 0 Å². The van der Waals surface area contributed by atoms with Crippen LogP contribution in [0.15, 0.2) is 0 Å². The summed E-state index contributed by atoms with van der Waals surface area (Å²) in [6.45, 7) is 13.9. The molecule has 0 heterocycles. The molecule has 55 valence electrons. The Labute approximate surface area is 60.7 Å². The fourth-order valence-corrected chi connectivity index (χ4v) is 3.90. The van der Waals surface area contributed by atoms with Crippen LogP contribution in [0.25, 0.3) is 0 Å². The molecule has 0 aliphatic rings. The van der Waals surface area contributed by atoms with E-state index < -0.39 is 8.07 Å². The highest BCUT2D eigenvalue weighted by Crippen LogP contribution is 2.24. The molecule has 0 N–H and O–H groups in total. The molecule has 0 atom stereocenters. The van der Waals surface area contributed by atoms with Gasteiger partial charge < -0.3 is 0 Å². The summed E-state index contributed by atoms with van der Waals surface area (Å²) in [5, 5.41) is 0. The molecule has 0 saturated carbocycles. The van der Waals surface area contributed by atoms with Crippen LogP contribution in [0.3, 0.4) is 0 Å². The third kappa shape index (κ3) is 8.22. The van der Waals surface area contributed by atoms with Crippen LogP contribution >= 0.6 is 0 Å². The summed E-state index contributed by atoms with van der Waals surface area (Å²) in [7, 11) is -0.918. The van der Waals surface area contributed by atoms with Gasteiger partial charge in [0.25, 0.3) is 0 Å². The Morgan fingerprint density at radius 3 is 1.33 bits per heavy atom. The van der Waals surface area contributed by atoms with Gasteiger partial charge in [-0.2, -0.15) is 0 Å². The van der Waals surface area contributed by atoms with Gasteiger partial charge in [0.15, 0.2) is 0 Å². The number of hydrogen-bond acceptors (Lipinski definition) is 0. The first-order valence-electron chi connectivity index (χ1n) is 3.58. The van der Waals surface area contributed by atoms with E-state index in [-0.39, 0.29) is 0 Å². The lowest BCUT2D eigenvalue weighted by Crippen LogP contribution is -2.28. The maximum absolute atomic E-state index is 2.51. The number of rotatable bonds is 1. The molecule has 1 radical (unpaired) electrons. The Hall–Kier alpha value is 0.217. The van der Waals surface area contributed by atoms with E-state index in [1.165, 1.54) is 0 Å². The molecule has 0 aromatic rings. The zero-order valence-corrected chi connectivity index (χ0v) is 8.58. The molecule has 0 rings (SSSR count). The van der Waals surface area contributed by atoms with Crippen LogP contribution in [0.1, 0.15) is 20.8 Å². The minimum atomic E-state index is -0.918. The fourth-order valence-electron chi connectivity index (χ4n) is 1.30. The second kappa shape index (κ2) is 2.45. The standard InChI is InChI=1S/C8H19Si/c1-8(2,3)7-9(4,5)6/h7H,1-6H3. The van der Waals surface area contributed by atoms with E-state index in [2.05, 4.69) is 46.5 Å². The van der Waals surface area contributed by atoms with E-state index in [1.807, 2.05) is 0 Å². The van der Waals surface area contributed by atoms with Gasteiger partial charge in [-0.25, -0.2) is 0 Å². The van der Waals surface area contributed by atoms with Crippen molar-refractivity contribution in [3.63, 3.8) is 0 Å². The summed E-state index contributed by atoms with van der Waals surface area (Å²) in [5.74, 6) is 0. The van der Waals surface area contributed by atoms with Gasteiger partial charge in [0.2, 0.25) is 0 Å². The normalized spacial score (nSPS) is 14.0. The van der Waals surface area contributed by atoms with Crippen molar-refractivity contribution in [1.29, 1.82) is 0 Å². The Morgan fingerprint density at radius 2 is 1.33 bits per heavy atom. The maximum atomic E-state index is 2.51. The highest BCUT2D eigenvalue weighted by atomic mass is 28.3. The van der Waals surface area contributed by atoms with Gasteiger partial charge in [0, 0.05) is 8.07 Å². The highest BCUT2D eigenvalue weighted by Gasteiger charge is 2.22. The van der Waals surface area contributed by atoms with Crippen LogP contribution in [0.2, 0.25) is 19.6 Å². The predicted molar refractivity (Wildman–Crippen MR) is 47.1 cm³/mol. The molecule has 0 amide bonds. The quantitative estimate of drug-likeness (QED) is 0.495. The Balaban J connectivity index is 3.75. The van der Waals surface area contributed by atoms with Gasteiger partial charge in [-0.15, -0.1) is 0 Å². The Bertz CT molecular complexity index is 69.7. The average molecular weight is 143 g/mol. The number of hydrogen-bond donors (Lipinski definition) is 0. The van der Waals surface area contributed by atoms with Crippen LogP contribution in [-0.2, 0) is 0 Å². The maximum Gasteiger partial charge on any atom is 0.0479 e. The van der Waals surface area contributed by atoms with Crippen molar-refractivity contribution in [3.05, 3.63) is 6.04 Å². The van der Waals surface area contributed by atoms with Gasteiger partial charge in [-0.3, -0.25) is 0 Å². The average Bonchev–Trinajstić information content (AvgIpc) is 1.14.